The van der Waals surface area contributed by atoms with Gasteiger partial charge in [-0.15, -0.1) is 0 Å². The zero-order valence-electron chi connectivity index (χ0n) is 30.1. The van der Waals surface area contributed by atoms with Crippen molar-refractivity contribution in [3.8, 4) is 28.6 Å². The van der Waals surface area contributed by atoms with Crippen LogP contribution in [0.3, 0.4) is 0 Å². The number of hydrogen-bond acceptors (Lipinski definition) is 7. The van der Waals surface area contributed by atoms with E-state index in [-0.39, 0.29) is 22.5 Å². The number of hydrogen-bond donors (Lipinski definition) is 0. The Hall–Kier alpha value is -5.31. The maximum Gasteiger partial charge on any atom is 0.422 e. The minimum atomic E-state index is -4.63. The molecule has 0 N–H and O–H groups in total. The van der Waals surface area contributed by atoms with Crippen LogP contribution in [0.25, 0.3) is 44.5 Å². The fourth-order valence-corrected chi connectivity index (χ4v) is 6.63. The van der Waals surface area contributed by atoms with Gasteiger partial charge < -0.3 is 14.2 Å². The number of halogens is 7. The molecule has 0 amide bonds. The predicted octanol–water partition coefficient (Wildman–Crippen LogP) is 10.2. The third-order valence-corrected chi connectivity index (χ3v) is 8.83. The van der Waals surface area contributed by atoms with Gasteiger partial charge in [-0.2, -0.15) is 26.3 Å². The van der Waals surface area contributed by atoms with Crippen molar-refractivity contribution < 1.29 is 40.6 Å². The highest BCUT2D eigenvalue weighted by Gasteiger charge is 2.31. The minimum Gasteiger partial charge on any atom is -0.497 e. The first-order valence-corrected chi connectivity index (χ1v) is 17.2. The molecule has 0 unspecified atom stereocenters. The van der Waals surface area contributed by atoms with E-state index in [2.05, 4.69) is 14.4 Å². The van der Waals surface area contributed by atoms with Gasteiger partial charge in [-0.05, 0) is 58.4 Å². The van der Waals surface area contributed by atoms with Crippen LogP contribution in [0.4, 0.5) is 26.3 Å². The lowest BCUT2D eigenvalue weighted by atomic mass is 10.2. The van der Waals surface area contributed by atoms with Crippen LogP contribution in [0, 0.1) is 27.7 Å². The molecule has 16 heteroatoms. The van der Waals surface area contributed by atoms with E-state index in [1.807, 2.05) is 63.2 Å². The second-order valence-electron chi connectivity index (χ2n) is 12.6. The van der Waals surface area contributed by atoms with Gasteiger partial charge in [-0.1, -0.05) is 30.7 Å². The second kappa shape index (κ2) is 14.8. The summed E-state index contributed by atoms with van der Waals surface area (Å²) < 4.78 is 94.7. The molecule has 54 heavy (non-hydrogen) atoms. The number of ether oxygens (including phenoxy) is 3. The summed E-state index contributed by atoms with van der Waals surface area (Å²) in [6, 6.07) is 15.9. The maximum absolute atomic E-state index is 12.7. The summed E-state index contributed by atoms with van der Waals surface area (Å²) in [6.45, 7) is 6.17. The molecule has 0 aliphatic rings. The lowest BCUT2D eigenvalue weighted by Gasteiger charge is -2.16. The molecule has 0 saturated heterocycles. The van der Waals surface area contributed by atoms with E-state index in [0.29, 0.717) is 34.2 Å². The molecule has 0 aliphatic carbocycles. The zero-order valence-corrected chi connectivity index (χ0v) is 30.8. The van der Waals surface area contributed by atoms with Gasteiger partial charge in [0.15, 0.2) is 19.0 Å². The first kappa shape index (κ1) is 38.4. The van der Waals surface area contributed by atoms with Gasteiger partial charge >= 0.3 is 12.4 Å². The van der Waals surface area contributed by atoms with E-state index in [1.165, 1.54) is 6.07 Å². The standard InChI is InChI=1S/C19H16ClN3O.C19H19F6N3O2/c1-11-18-12(2)22-19(14-6-4-5-7-15(14)20)23(18)17-9-8-13(24-3)10-16(17)21-11;1-4-5-15-26-10(2)17-11(3)27-16-13(28(15)17)6-12(29-8-18(20,21)22)7-14(16)30-9-19(23,24)25/h4-10H,1-3H3;6-7H,4-5,8-9H2,1-3H3. The molecule has 4 aromatic heterocycles. The van der Waals surface area contributed by atoms with E-state index in [0.717, 1.165) is 57.6 Å². The van der Waals surface area contributed by atoms with Crippen molar-refractivity contribution in [2.45, 2.75) is 59.8 Å². The van der Waals surface area contributed by atoms with Gasteiger partial charge in [0.05, 0.1) is 62.5 Å². The lowest BCUT2D eigenvalue weighted by Crippen LogP contribution is -2.20. The van der Waals surface area contributed by atoms with Crippen molar-refractivity contribution in [3.63, 3.8) is 0 Å². The van der Waals surface area contributed by atoms with E-state index < -0.39 is 25.6 Å². The number of alkyl halides is 6. The molecular formula is C38H35ClF6N6O3. The summed E-state index contributed by atoms with van der Waals surface area (Å²) in [4.78, 5) is 18.4. The Kier molecular flexibility index (Phi) is 10.6. The van der Waals surface area contributed by atoms with Crippen LogP contribution in [-0.2, 0) is 6.42 Å². The summed E-state index contributed by atoms with van der Waals surface area (Å²) >= 11 is 6.42. The van der Waals surface area contributed by atoms with Crippen molar-refractivity contribution in [1.82, 2.24) is 28.7 Å². The van der Waals surface area contributed by atoms with Crippen LogP contribution in [0.1, 0.15) is 41.9 Å². The third-order valence-electron chi connectivity index (χ3n) is 8.50. The normalized spacial score (nSPS) is 12.1. The van der Waals surface area contributed by atoms with Crippen molar-refractivity contribution in [2.24, 2.45) is 0 Å². The summed E-state index contributed by atoms with van der Waals surface area (Å²) in [7, 11) is 1.66. The van der Waals surface area contributed by atoms with Gasteiger partial charge in [0.1, 0.15) is 28.7 Å². The van der Waals surface area contributed by atoms with Gasteiger partial charge in [0, 0.05) is 30.2 Å². The zero-order chi connectivity index (χ0) is 39.1. The topological polar surface area (TPSA) is 88.1 Å². The quantitative estimate of drug-likeness (QED) is 0.142. The Bertz CT molecular complexity index is 2510. The van der Waals surface area contributed by atoms with Crippen LogP contribution < -0.4 is 14.2 Å². The Morgan fingerprint density at radius 3 is 1.98 bits per heavy atom. The average Bonchev–Trinajstić information content (AvgIpc) is 3.63. The fraction of sp³-hybridized carbons (Fsp3) is 0.316. The molecule has 7 rings (SSSR count). The number of aromatic nitrogens is 6. The molecule has 9 nitrogen and oxygen atoms in total. The number of benzene rings is 3. The molecule has 0 bridgehead atoms. The number of methoxy groups -OCH3 is 1. The lowest BCUT2D eigenvalue weighted by molar-refractivity contribution is -0.153. The van der Waals surface area contributed by atoms with Crippen LogP contribution in [0.5, 0.6) is 17.2 Å². The van der Waals surface area contributed by atoms with E-state index >= 15 is 0 Å². The Labute approximate surface area is 310 Å². The monoisotopic (exact) mass is 772 g/mol. The van der Waals surface area contributed by atoms with Crippen molar-refractivity contribution >= 4 is 44.7 Å². The maximum atomic E-state index is 12.7. The third kappa shape index (κ3) is 7.81. The average molecular weight is 773 g/mol. The molecule has 0 atom stereocenters. The van der Waals surface area contributed by atoms with E-state index in [4.69, 9.17) is 35.8 Å². The number of rotatable bonds is 8. The van der Waals surface area contributed by atoms with Crippen molar-refractivity contribution in [3.05, 3.63) is 88.2 Å². The predicted molar refractivity (Wildman–Crippen MR) is 194 cm³/mol. The van der Waals surface area contributed by atoms with Crippen molar-refractivity contribution in [2.75, 3.05) is 20.3 Å². The number of aryl methyl sites for hydroxylation is 5. The minimum absolute atomic E-state index is 0.0818. The number of fused-ring (bicyclic) bond motifs is 6. The van der Waals surface area contributed by atoms with Crippen LogP contribution in [0.2, 0.25) is 5.02 Å². The summed E-state index contributed by atoms with van der Waals surface area (Å²) in [5.41, 5.74) is 7.78. The van der Waals surface area contributed by atoms with Crippen molar-refractivity contribution in [1.29, 1.82) is 0 Å². The summed E-state index contributed by atoms with van der Waals surface area (Å²) in [5.74, 6) is 1.63. The molecule has 4 heterocycles. The van der Waals surface area contributed by atoms with Crippen LogP contribution in [-0.4, -0.2) is 61.4 Å². The molecule has 0 spiro atoms. The summed E-state index contributed by atoms with van der Waals surface area (Å²) in [6.07, 6.45) is -7.95. The highest BCUT2D eigenvalue weighted by Crippen LogP contribution is 2.36. The Morgan fingerprint density at radius 1 is 0.685 bits per heavy atom. The molecule has 0 fully saturated rings. The fourth-order valence-electron chi connectivity index (χ4n) is 6.41. The molecule has 0 aliphatic heterocycles. The highest BCUT2D eigenvalue weighted by atomic mass is 35.5. The molecular weight excluding hydrogens is 738 g/mol. The molecule has 0 radical (unpaired) electrons. The van der Waals surface area contributed by atoms with Crippen LogP contribution in [0.15, 0.2) is 54.6 Å². The molecule has 284 valence electrons. The van der Waals surface area contributed by atoms with Gasteiger partial charge in [-0.3, -0.25) is 8.80 Å². The smallest absolute Gasteiger partial charge is 0.422 e. The number of imidazole rings is 2. The second-order valence-corrected chi connectivity index (χ2v) is 13.0. The Morgan fingerprint density at radius 2 is 1.31 bits per heavy atom. The first-order valence-electron chi connectivity index (χ1n) is 16.8. The number of nitrogens with zero attached hydrogens (tertiary/aromatic N) is 6. The first-order chi connectivity index (χ1) is 25.5. The highest BCUT2D eigenvalue weighted by molar-refractivity contribution is 6.33. The molecule has 7 aromatic rings. The van der Waals surface area contributed by atoms with E-state index in [1.54, 1.807) is 25.4 Å². The van der Waals surface area contributed by atoms with Gasteiger partial charge in [0.2, 0.25) is 0 Å². The molecule has 0 saturated carbocycles. The van der Waals surface area contributed by atoms with Gasteiger partial charge in [0.25, 0.3) is 0 Å². The van der Waals surface area contributed by atoms with Gasteiger partial charge in [-0.25, -0.2) is 19.9 Å². The van der Waals surface area contributed by atoms with E-state index in [9.17, 15) is 26.3 Å². The largest absolute Gasteiger partial charge is 0.497 e. The Balaban J connectivity index is 0.000000188. The SMILES string of the molecule is CCCc1nc(C)c2c(C)nc3c(OCC(F)(F)F)cc(OCC(F)(F)F)cc3n12.COc1ccc2c(c1)nc(C)c1c(C)nc(-c3ccccc3Cl)n12. The molecule has 3 aromatic carbocycles. The summed E-state index contributed by atoms with van der Waals surface area (Å²) in [5, 5.41) is 0.681. The van der Waals surface area contributed by atoms with Crippen LogP contribution >= 0.6 is 11.6 Å².